The summed E-state index contributed by atoms with van der Waals surface area (Å²) in [6.45, 7) is 5.26. The molecule has 2 N–H and O–H groups in total. The number of thioether (sulfide) groups is 1. The molecule has 0 spiro atoms. The number of carbonyl (C=O) groups is 2. The molecule has 0 aliphatic carbocycles. The van der Waals surface area contributed by atoms with Crippen LogP contribution >= 0.6 is 11.8 Å². The third-order valence-electron chi connectivity index (χ3n) is 3.93. The van der Waals surface area contributed by atoms with Crippen LogP contribution in [0.25, 0.3) is 0 Å². The predicted octanol–water partition coefficient (Wildman–Crippen LogP) is 2.24. The first-order valence-electron chi connectivity index (χ1n) is 8.23. The highest BCUT2D eigenvalue weighted by molar-refractivity contribution is 7.99. The third-order valence-corrected chi connectivity index (χ3v) is 4.91. The maximum Gasteiger partial charge on any atom is 0.251 e. The first-order chi connectivity index (χ1) is 12.5. The second-order valence-corrected chi connectivity index (χ2v) is 6.65. The number of aryl methyl sites for hydroxylation is 1. The molecule has 1 heterocycles. The van der Waals surface area contributed by atoms with Crippen LogP contribution in [0, 0.1) is 13.8 Å². The quantitative estimate of drug-likeness (QED) is 0.690. The highest BCUT2D eigenvalue weighted by Crippen LogP contribution is 2.21. The Hall–Kier alpha value is -2.32. The van der Waals surface area contributed by atoms with Crippen LogP contribution in [0.15, 0.2) is 29.4 Å². The van der Waals surface area contributed by atoms with Crippen molar-refractivity contribution in [2.45, 2.75) is 25.5 Å². The molecule has 0 atom stereocenters. The summed E-state index contributed by atoms with van der Waals surface area (Å²) in [6, 6.07) is 6.76. The van der Waals surface area contributed by atoms with Crippen molar-refractivity contribution in [2.75, 3.05) is 31.8 Å². The predicted molar refractivity (Wildman–Crippen MR) is 103 cm³/mol. The van der Waals surface area contributed by atoms with Gasteiger partial charge in [-0.3, -0.25) is 9.59 Å². The molecule has 2 aromatic rings. The molecule has 2 rings (SSSR count). The zero-order valence-corrected chi connectivity index (χ0v) is 16.3. The number of methoxy groups -OCH3 is 1. The van der Waals surface area contributed by atoms with E-state index in [9.17, 15) is 9.59 Å². The van der Waals surface area contributed by atoms with E-state index in [2.05, 4.69) is 20.2 Å². The molecule has 0 fully saturated rings. The summed E-state index contributed by atoms with van der Waals surface area (Å²) >= 11 is 1.39. The van der Waals surface area contributed by atoms with Crippen molar-refractivity contribution in [3.63, 3.8) is 0 Å². The van der Waals surface area contributed by atoms with E-state index in [-0.39, 0.29) is 17.6 Å². The number of nitrogens with zero attached hydrogens (tertiary/aromatic N) is 2. The number of nitrogens with one attached hydrogen (secondary N) is 2. The van der Waals surface area contributed by atoms with Crippen LogP contribution in [-0.4, -0.2) is 47.9 Å². The molecule has 2 amide bonds. The van der Waals surface area contributed by atoms with E-state index in [0.717, 1.165) is 16.5 Å². The van der Waals surface area contributed by atoms with Crippen molar-refractivity contribution in [1.82, 2.24) is 14.9 Å². The number of amides is 2. The highest BCUT2D eigenvalue weighted by Gasteiger charge is 2.13. The number of imidazole rings is 1. The van der Waals surface area contributed by atoms with Gasteiger partial charge < -0.3 is 19.9 Å². The lowest BCUT2D eigenvalue weighted by Gasteiger charge is -2.09. The summed E-state index contributed by atoms with van der Waals surface area (Å²) < 4.78 is 7.20. The van der Waals surface area contributed by atoms with Gasteiger partial charge in [-0.25, -0.2) is 4.98 Å². The smallest absolute Gasteiger partial charge is 0.251 e. The molecule has 1 aromatic heterocycles. The number of aromatic nitrogens is 2. The van der Waals surface area contributed by atoms with Crippen LogP contribution in [0.3, 0.4) is 0 Å². The highest BCUT2D eigenvalue weighted by atomic mass is 32.2. The molecule has 0 aliphatic rings. The van der Waals surface area contributed by atoms with Crippen LogP contribution in [0.4, 0.5) is 5.69 Å². The second kappa shape index (κ2) is 9.40. The van der Waals surface area contributed by atoms with E-state index in [4.69, 9.17) is 4.74 Å². The first-order valence-corrected chi connectivity index (χ1v) is 9.22. The SMILES string of the molecule is CNC(=O)c1ccc(NC(=O)CSc2nc(C)c(C)n2CCOC)cc1. The zero-order chi connectivity index (χ0) is 19.1. The summed E-state index contributed by atoms with van der Waals surface area (Å²) in [4.78, 5) is 28.3. The molecule has 26 heavy (non-hydrogen) atoms. The van der Waals surface area contributed by atoms with Gasteiger partial charge in [-0.2, -0.15) is 0 Å². The van der Waals surface area contributed by atoms with Crippen molar-refractivity contribution in [1.29, 1.82) is 0 Å². The van der Waals surface area contributed by atoms with Gasteiger partial charge in [0.2, 0.25) is 5.91 Å². The minimum atomic E-state index is -0.160. The molecular formula is C18H24N4O3S. The Morgan fingerprint density at radius 3 is 2.54 bits per heavy atom. The molecule has 140 valence electrons. The van der Waals surface area contributed by atoms with Crippen LogP contribution < -0.4 is 10.6 Å². The van der Waals surface area contributed by atoms with Crippen molar-refractivity contribution in [2.24, 2.45) is 0 Å². The number of hydrogen-bond donors (Lipinski definition) is 2. The van der Waals surface area contributed by atoms with Crippen molar-refractivity contribution >= 4 is 29.3 Å². The Morgan fingerprint density at radius 1 is 1.23 bits per heavy atom. The molecule has 0 unspecified atom stereocenters. The molecule has 0 bridgehead atoms. The number of benzene rings is 1. The summed E-state index contributed by atoms with van der Waals surface area (Å²) in [5.41, 5.74) is 3.23. The molecular weight excluding hydrogens is 352 g/mol. The zero-order valence-electron chi connectivity index (χ0n) is 15.5. The summed E-state index contributed by atoms with van der Waals surface area (Å²) in [5.74, 6) is -0.0357. The molecule has 0 saturated heterocycles. The Balaban J connectivity index is 1.94. The molecule has 0 saturated carbocycles. The average Bonchev–Trinajstić information content (AvgIpc) is 2.92. The molecule has 7 nitrogen and oxygen atoms in total. The Kier molecular flexibility index (Phi) is 7.23. The number of hydrogen-bond acceptors (Lipinski definition) is 5. The van der Waals surface area contributed by atoms with Gasteiger partial charge >= 0.3 is 0 Å². The minimum Gasteiger partial charge on any atom is -0.383 e. The second-order valence-electron chi connectivity index (χ2n) is 5.70. The lowest BCUT2D eigenvalue weighted by atomic mass is 10.2. The fraction of sp³-hybridized carbons (Fsp3) is 0.389. The lowest BCUT2D eigenvalue weighted by molar-refractivity contribution is -0.113. The largest absolute Gasteiger partial charge is 0.383 e. The number of carbonyl (C=O) groups excluding carboxylic acids is 2. The van der Waals surface area contributed by atoms with Crippen molar-refractivity contribution in [3.8, 4) is 0 Å². The van der Waals surface area contributed by atoms with Gasteiger partial charge in [0.1, 0.15) is 0 Å². The topological polar surface area (TPSA) is 85.3 Å². The van der Waals surface area contributed by atoms with Gasteiger partial charge in [0.25, 0.3) is 5.91 Å². The van der Waals surface area contributed by atoms with Gasteiger partial charge in [0, 0.05) is 37.6 Å². The number of rotatable bonds is 8. The Bertz CT molecular complexity index is 771. The van der Waals surface area contributed by atoms with Gasteiger partial charge in [-0.1, -0.05) is 11.8 Å². The van der Waals surface area contributed by atoms with Gasteiger partial charge in [0.05, 0.1) is 18.1 Å². The normalized spacial score (nSPS) is 10.6. The Morgan fingerprint density at radius 2 is 1.92 bits per heavy atom. The van der Waals surface area contributed by atoms with Crippen LogP contribution in [0.5, 0.6) is 0 Å². The van der Waals surface area contributed by atoms with Crippen LogP contribution in [-0.2, 0) is 16.1 Å². The molecule has 8 heteroatoms. The monoisotopic (exact) mass is 376 g/mol. The van der Waals surface area contributed by atoms with E-state index in [0.29, 0.717) is 24.4 Å². The van der Waals surface area contributed by atoms with E-state index in [1.54, 1.807) is 38.4 Å². The minimum absolute atomic E-state index is 0.126. The van der Waals surface area contributed by atoms with Gasteiger partial charge in [-0.05, 0) is 38.1 Å². The molecule has 0 aliphatic heterocycles. The number of ether oxygens (including phenoxy) is 1. The van der Waals surface area contributed by atoms with Crippen molar-refractivity contribution in [3.05, 3.63) is 41.2 Å². The summed E-state index contributed by atoms with van der Waals surface area (Å²) in [6.07, 6.45) is 0. The van der Waals surface area contributed by atoms with Crippen molar-refractivity contribution < 1.29 is 14.3 Å². The first kappa shape index (κ1) is 20.0. The number of anilines is 1. The Labute approximate surface area is 157 Å². The van der Waals surface area contributed by atoms with E-state index in [1.807, 2.05) is 13.8 Å². The standard InChI is InChI=1S/C18H24N4O3S/c1-12-13(2)22(9-10-25-4)18(20-12)26-11-16(23)21-15-7-5-14(6-8-15)17(24)19-3/h5-8H,9-11H2,1-4H3,(H,19,24)(H,21,23). The average molecular weight is 376 g/mol. The van der Waals surface area contributed by atoms with E-state index >= 15 is 0 Å². The van der Waals surface area contributed by atoms with Gasteiger partial charge in [0.15, 0.2) is 5.16 Å². The third kappa shape index (κ3) is 5.09. The summed E-state index contributed by atoms with van der Waals surface area (Å²) in [5, 5.41) is 6.19. The van der Waals surface area contributed by atoms with Crippen LogP contribution in [0.1, 0.15) is 21.7 Å². The summed E-state index contributed by atoms with van der Waals surface area (Å²) in [7, 11) is 3.24. The fourth-order valence-corrected chi connectivity index (χ4v) is 3.27. The van der Waals surface area contributed by atoms with Gasteiger partial charge in [-0.15, -0.1) is 0 Å². The van der Waals surface area contributed by atoms with E-state index < -0.39 is 0 Å². The molecule has 0 radical (unpaired) electrons. The maximum atomic E-state index is 12.2. The lowest BCUT2D eigenvalue weighted by Crippen LogP contribution is -2.18. The fourth-order valence-electron chi connectivity index (χ4n) is 2.36. The van der Waals surface area contributed by atoms with E-state index in [1.165, 1.54) is 11.8 Å². The molecule has 1 aromatic carbocycles. The maximum absolute atomic E-state index is 12.2. The van der Waals surface area contributed by atoms with Crippen LogP contribution in [0.2, 0.25) is 0 Å².